The second kappa shape index (κ2) is 7.58. The SMILES string of the molecule is CC(C)(CCCCl)CNC(=O)Cc1c(F)cccc1F. The van der Waals surface area contributed by atoms with E-state index in [-0.39, 0.29) is 23.3 Å². The van der Waals surface area contributed by atoms with Crippen molar-refractivity contribution in [1.29, 1.82) is 0 Å². The van der Waals surface area contributed by atoms with Gasteiger partial charge in [-0.3, -0.25) is 4.79 Å². The van der Waals surface area contributed by atoms with Crippen molar-refractivity contribution < 1.29 is 13.6 Å². The number of hydrogen-bond acceptors (Lipinski definition) is 1. The summed E-state index contributed by atoms with van der Waals surface area (Å²) >= 11 is 5.64. The van der Waals surface area contributed by atoms with Crippen molar-refractivity contribution in [3.63, 3.8) is 0 Å². The van der Waals surface area contributed by atoms with E-state index in [0.29, 0.717) is 12.4 Å². The van der Waals surface area contributed by atoms with Gasteiger partial charge in [-0.1, -0.05) is 19.9 Å². The minimum absolute atomic E-state index is 0.0850. The van der Waals surface area contributed by atoms with Gasteiger partial charge in [-0.25, -0.2) is 8.78 Å². The lowest BCUT2D eigenvalue weighted by Gasteiger charge is -2.24. The summed E-state index contributed by atoms with van der Waals surface area (Å²) in [4.78, 5) is 11.8. The van der Waals surface area contributed by atoms with Crippen molar-refractivity contribution in [1.82, 2.24) is 5.32 Å². The van der Waals surface area contributed by atoms with Gasteiger partial charge in [0.05, 0.1) is 6.42 Å². The molecule has 1 rings (SSSR count). The van der Waals surface area contributed by atoms with Crippen LogP contribution in [0, 0.1) is 17.0 Å². The summed E-state index contributed by atoms with van der Waals surface area (Å²) in [5.74, 6) is -1.19. The molecule has 0 aliphatic heterocycles. The van der Waals surface area contributed by atoms with Crippen molar-refractivity contribution in [2.45, 2.75) is 33.1 Å². The average molecular weight is 304 g/mol. The Hall–Kier alpha value is -1.16. The lowest BCUT2D eigenvalue weighted by Crippen LogP contribution is -2.35. The minimum Gasteiger partial charge on any atom is -0.355 e. The fourth-order valence-corrected chi connectivity index (χ4v) is 2.03. The van der Waals surface area contributed by atoms with Gasteiger partial charge < -0.3 is 5.32 Å². The van der Waals surface area contributed by atoms with Crippen LogP contribution < -0.4 is 5.32 Å². The Bertz CT molecular complexity index is 443. The Morgan fingerprint density at radius 3 is 2.45 bits per heavy atom. The molecule has 0 aliphatic rings. The first-order valence-electron chi connectivity index (χ1n) is 6.61. The molecule has 0 aliphatic carbocycles. The maximum absolute atomic E-state index is 13.4. The van der Waals surface area contributed by atoms with Gasteiger partial charge in [-0.2, -0.15) is 0 Å². The molecule has 0 unspecified atom stereocenters. The number of carbonyl (C=O) groups is 1. The molecule has 5 heteroatoms. The molecule has 20 heavy (non-hydrogen) atoms. The summed E-state index contributed by atoms with van der Waals surface area (Å²) in [6.45, 7) is 4.49. The van der Waals surface area contributed by atoms with Crippen LogP contribution in [0.4, 0.5) is 8.78 Å². The molecule has 0 atom stereocenters. The molecule has 0 heterocycles. The number of halogens is 3. The highest BCUT2D eigenvalue weighted by Crippen LogP contribution is 2.21. The van der Waals surface area contributed by atoms with Crippen LogP contribution in [0.1, 0.15) is 32.3 Å². The molecular formula is C15H20ClF2NO. The predicted molar refractivity (Wildman–Crippen MR) is 76.8 cm³/mol. The highest BCUT2D eigenvalue weighted by Gasteiger charge is 2.19. The lowest BCUT2D eigenvalue weighted by molar-refractivity contribution is -0.121. The van der Waals surface area contributed by atoms with Crippen molar-refractivity contribution in [3.8, 4) is 0 Å². The number of benzene rings is 1. The zero-order valence-corrected chi connectivity index (χ0v) is 12.6. The molecule has 1 aromatic rings. The van der Waals surface area contributed by atoms with Gasteiger partial charge in [-0.15, -0.1) is 11.6 Å². The van der Waals surface area contributed by atoms with E-state index in [0.717, 1.165) is 25.0 Å². The molecule has 112 valence electrons. The fraction of sp³-hybridized carbons (Fsp3) is 0.533. The van der Waals surface area contributed by atoms with Gasteiger partial charge in [0.15, 0.2) is 0 Å². The number of nitrogens with one attached hydrogen (secondary N) is 1. The van der Waals surface area contributed by atoms with Crippen LogP contribution in [-0.4, -0.2) is 18.3 Å². The number of hydrogen-bond donors (Lipinski definition) is 1. The van der Waals surface area contributed by atoms with Gasteiger partial charge in [0.25, 0.3) is 0 Å². The van der Waals surface area contributed by atoms with Crippen LogP contribution in [0.15, 0.2) is 18.2 Å². The molecule has 1 N–H and O–H groups in total. The van der Waals surface area contributed by atoms with Gasteiger partial charge in [0.1, 0.15) is 11.6 Å². The summed E-state index contributed by atoms with van der Waals surface area (Å²) in [7, 11) is 0. The topological polar surface area (TPSA) is 29.1 Å². The Labute approximate surface area is 123 Å². The quantitative estimate of drug-likeness (QED) is 0.765. The Morgan fingerprint density at radius 1 is 1.30 bits per heavy atom. The first-order chi connectivity index (χ1) is 9.35. The zero-order chi connectivity index (χ0) is 15.2. The van der Waals surface area contributed by atoms with Crippen molar-refractivity contribution >= 4 is 17.5 Å². The maximum atomic E-state index is 13.4. The second-order valence-electron chi connectivity index (χ2n) is 5.61. The van der Waals surface area contributed by atoms with E-state index < -0.39 is 11.6 Å². The summed E-state index contributed by atoms with van der Waals surface area (Å²) in [5, 5.41) is 2.72. The highest BCUT2D eigenvalue weighted by atomic mass is 35.5. The van der Waals surface area contributed by atoms with Gasteiger partial charge in [0, 0.05) is 18.0 Å². The monoisotopic (exact) mass is 303 g/mol. The number of carbonyl (C=O) groups excluding carboxylic acids is 1. The summed E-state index contributed by atoms with van der Waals surface area (Å²) in [6.07, 6.45) is 1.46. The summed E-state index contributed by atoms with van der Waals surface area (Å²) < 4.78 is 26.8. The third-order valence-corrected chi connectivity index (χ3v) is 3.42. The van der Waals surface area contributed by atoms with Crippen LogP contribution in [-0.2, 0) is 11.2 Å². The molecule has 0 saturated heterocycles. The van der Waals surface area contributed by atoms with Crippen molar-refractivity contribution in [2.24, 2.45) is 5.41 Å². The average Bonchev–Trinajstić information content (AvgIpc) is 2.39. The normalized spacial score (nSPS) is 11.4. The van der Waals surface area contributed by atoms with Crippen molar-refractivity contribution in [2.75, 3.05) is 12.4 Å². The first-order valence-corrected chi connectivity index (χ1v) is 7.15. The molecule has 0 fully saturated rings. The van der Waals surface area contributed by atoms with E-state index in [2.05, 4.69) is 5.32 Å². The predicted octanol–water partition coefficient (Wildman–Crippen LogP) is 3.67. The fourth-order valence-electron chi connectivity index (χ4n) is 1.90. The lowest BCUT2D eigenvalue weighted by atomic mass is 9.88. The molecule has 0 saturated carbocycles. The third-order valence-electron chi connectivity index (χ3n) is 3.15. The summed E-state index contributed by atoms with van der Waals surface area (Å²) in [5.41, 5.74) is -0.276. The van der Waals surface area contributed by atoms with E-state index in [9.17, 15) is 13.6 Å². The standard InChI is InChI=1S/C15H20ClF2NO/c1-15(2,7-4-8-16)10-19-14(20)9-11-12(17)5-3-6-13(11)18/h3,5-6H,4,7-10H2,1-2H3,(H,19,20). The molecule has 0 aromatic heterocycles. The van der Waals surface area contributed by atoms with Crippen LogP contribution in [0.5, 0.6) is 0 Å². The number of amides is 1. The van der Waals surface area contributed by atoms with E-state index in [1.54, 1.807) is 0 Å². The van der Waals surface area contributed by atoms with E-state index in [4.69, 9.17) is 11.6 Å². The van der Waals surface area contributed by atoms with E-state index in [1.165, 1.54) is 6.07 Å². The number of alkyl halides is 1. The van der Waals surface area contributed by atoms with Gasteiger partial charge in [0.2, 0.25) is 5.91 Å². The Morgan fingerprint density at radius 2 is 1.90 bits per heavy atom. The largest absolute Gasteiger partial charge is 0.355 e. The van der Waals surface area contributed by atoms with Crippen LogP contribution >= 0.6 is 11.6 Å². The molecule has 0 radical (unpaired) electrons. The minimum atomic E-state index is -0.693. The van der Waals surface area contributed by atoms with E-state index >= 15 is 0 Å². The van der Waals surface area contributed by atoms with E-state index in [1.807, 2.05) is 13.8 Å². The molecule has 0 spiro atoms. The zero-order valence-electron chi connectivity index (χ0n) is 11.8. The third kappa shape index (κ3) is 5.45. The first kappa shape index (κ1) is 16.9. The van der Waals surface area contributed by atoms with Gasteiger partial charge >= 0.3 is 0 Å². The van der Waals surface area contributed by atoms with Crippen LogP contribution in [0.3, 0.4) is 0 Å². The van der Waals surface area contributed by atoms with Gasteiger partial charge in [-0.05, 0) is 30.4 Å². The molecule has 0 bridgehead atoms. The smallest absolute Gasteiger partial charge is 0.224 e. The number of rotatable bonds is 7. The molecular weight excluding hydrogens is 284 g/mol. The highest BCUT2D eigenvalue weighted by molar-refractivity contribution is 6.17. The van der Waals surface area contributed by atoms with Crippen molar-refractivity contribution in [3.05, 3.63) is 35.4 Å². The summed E-state index contributed by atoms with van der Waals surface area (Å²) in [6, 6.07) is 3.58. The van der Waals surface area contributed by atoms with Crippen LogP contribution in [0.25, 0.3) is 0 Å². The maximum Gasteiger partial charge on any atom is 0.224 e. The van der Waals surface area contributed by atoms with Crippen LogP contribution in [0.2, 0.25) is 0 Å². The molecule has 2 nitrogen and oxygen atoms in total. The molecule has 1 aromatic carbocycles. The molecule has 1 amide bonds. The Balaban J connectivity index is 2.52. The second-order valence-corrected chi connectivity index (χ2v) is 5.99. The Kier molecular flexibility index (Phi) is 6.40.